The normalized spacial score (nSPS) is 19.3. The molecule has 366 valence electrons. The summed E-state index contributed by atoms with van der Waals surface area (Å²) in [4.78, 5) is 62.4. The minimum atomic E-state index is -1.24. The second-order valence-corrected chi connectivity index (χ2v) is 15.7. The molecule has 2 aliphatic heterocycles. The zero-order valence-corrected chi connectivity index (χ0v) is 39.0. The van der Waals surface area contributed by atoms with E-state index < -0.39 is 31.2 Å². The number of aryl methyl sites for hydroxylation is 2. The number of nitrogens with two attached hydrogens (primary N) is 1. The van der Waals surface area contributed by atoms with Gasteiger partial charge < -0.3 is 75.9 Å². The highest BCUT2D eigenvalue weighted by molar-refractivity contribution is 5.92. The smallest absolute Gasteiger partial charge is 0.238 e. The van der Waals surface area contributed by atoms with Crippen LogP contribution in [0.1, 0.15) is 68.4 Å². The van der Waals surface area contributed by atoms with Crippen molar-refractivity contribution in [3.8, 4) is 11.5 Å². The molecule has 2 saturated heterocycles. The van der Waals surface area contributed by atoms with Gasteiger partial charge in [-0.2, -0.15) is 0 Å². The molecular weight excluding hydrogens is 857 g/mol. The first-order valence-corrected chi connectivity index (χ1v) is 21.8. The highest BCUT2D eigenvalue weighted by Gasteiger charge is 2.38. The van der Waals surface area contributed by atoms with E-state index in [0.717, 1.165) is 56.0 Å². The van der Waals surface area contributed by atoms with Crippen molar-refractivity contribution in [1.29, 1.82) is 0 Å². The summed E-state index contributed by atoms with van der Waals surface area (Å²) < 4.78 is 19.3. The summed E-state index contributed by atoms with van der Waals surface area (Å²) in [6.45, 7) is 6.37. The molecule has 3 aromatic rings. The van der Waals surface area contributed by atoms with Crippen molar-refractivity contribution in [1.82, 2.24) is 14.8 Å². The highest BCUT2D eigenvalue weighted by Crippen LogP contribution is 2.37. The molecule has 6 atom stereocenters. The third-order valence-electron chi connectivity index (χ3n) is 10.3. The maximum atomic E-state index is 12.4. The average Bonchev–Trinajstić information content (AvgIpc) is 3.68. The molecule has 2 fully saturated rings. The van der Waals surface area contributed by atoms with Gasteiger partial charge in [0.1, 0.15) is 18.5 Å². The van der Waals surface area contributed by atoms with Gasteiger partial charge in [-0.3, -0.25) is 24.2 Å². The van der Waals surface area contributed by atoms with Crippen LogP contribution in [0.4, 0.5) is 22.7 Å². The molecule has 5 rings (SSSR count). The molecule has 20 nitrogen and oxygen atoms in total. The van der Waals surface area contributed by atoms with Crippen molar-refractivity contribution >= 4 is 59.8 Å². The van der Waals surface area contributed by atoms with Crippen LogP contribution in [0.5, 0.6) is 11.5 Å². The van der Waals surface area contributed by atoms with E-state index in [4.69, 9.17) is 25.1 Å². The van der Waals surface area contributed by atoms with Gasteiger partial charge in [-0.1, -0.05) is 13.8 Å². The van der Waals surface area contributed by atoms with Crippen molar-refractivity contribution in [3.63, 3.8) is 0 Å². The Balaban J connectivity index is 0.000000533. The number of carbonyl (C=O) groups excluding carboxylic acids is 5. The second-order valence-electron chi connectivity index (χ2n) is 15.7. The molecule has 0 aliphatic carbocycles. The lowest BCUT2D eigenvalue weighted by atomic mass is 10.0. The Morgan fingerprint density at radius 2 is 1.67 bits per heavy atom. The Hall–Kier alpha value is -5.74. The van der Waals surface area contributed by atoms with Crippen molar-refractivity contribution in [3.05, 3.63) is 59.9 Å². The van der Waals surface area contributed by atoms with E-state index in [9.17, 15) is 39.3 Å². The predicted octanol–water partition coefficient (Wildman–Crippen LogP) is 2.53. The minimum Gasteiger partial charge on any atom is -0.490 e. The van der Waals surface area contributed by atoms with Crippen molar-refractivity contribution in [2.24, 2.45) is 23.7 Å². The number of hydrogen-bond acceptors (Lipinski definition) is 16. The molecule has 1 unspecified atom stereocenters. The Labute approximate surface area is 386 Å². The van der Waals surface area contributed by atoms with E-state index >= 15 is 0 Å². The van der Waals surface area contributed by atoms with Crippen molar-refractivity contribution < 1.29 is 58.6 Å². The summed E-state index contributed by atoms with van der Waals surface area (Å²) in [7, 11) is 6.31. The van der Waals surface area contributed by atoms with Crippen LogP contribution in [0.25, 0.3) is 0 Å². The number of aliphatic hydroxyl groups excluding tert-OH is 4. The number of benzene rings is 2. The lowest BCUT2D eigenvalue weighted by Crippen LogP contribution is -2.51. The van der Waals surface area contributed by atoms with Gasteiger partial charge in [-0.15, -0.1) is 0 Å². The molecule has 1 aromatic heterocycles. The number of likely N-dealkylation sites (tertiary alicyclic amines) is 1. The predicted molar refractivity (Wildman–Crippen MR) is 252 cm³/mol. The van der Waals surface area contributed by atoms with E-state index in [1.165, 1.54) is 0 Å². The van der Waals surface area contributed by atoms with Crippen LogP contribution in [-0.4, -0.2) is 151 Å². The summed E-state index contributed by atoms with van der Waals surface area (Å²) in [6.07, 6.45) is 4.70. The van der Waals surface area contributed by atoms with Gasteiger partial charge in [0, 0.05) is 70.4 Å². The van der Waals surface area contributed by atoms with Gasteiger partial charge in [0.25, 0.3) is 0 Å². The molecule has 0 spiro atoms. The number of carbonyl (C=O) groups is 5. The van der Waals surface area contributed by atoms with E-state index in [0.29, 0.717) is 54.4 Å². The van der Waals surface area contributed by atoms with Crippen LogP contribution >= 0.6 is 0 Å². The monoisotopic (exact) mass is 927 g/mol. The number of likely N-dealkylation sites (N-methyl/N-ethyl adjacent to an activating group) is 1. The zero-order valence-electron chi connectivity index (χ0n) is 39.0. The molecule has 0 radical (unpaired) electrons. The van der Waals surface area contributed by atoms with Gasteiger partial charge in [-0.05, 0) is 87.5 Å². The number of anilines is 3. The molecule has 2 aromatic carbocycles. The molecule has 3 heterocycles. The van der Waals surface area contributed by atoms with Crippen LogP contribution < -0.4 is 36.5 Å². The van der Waals surface area contributed by atoms with Crippen LogP contribution in [0, 0.1) is 12.8 Å². The lowest BCUT2D eigenvalue weighted by Gasteiger charge is -2.36. The number of nitrogens with one attached hydrogen (secondary N) is 4. The third-order valence-corrected chi connectivity index (χ3v) is 10.3. The molecule has 3 amide bonds. The Morgan fingerprint density at radius 1 is 0.985 bits per heavy atom. The number of rotatable bonds is 19. The van der Waals surface area contributed by atoms with E-state index in [2.05, 4.69) is 26.3 Å². The first-order chi connectivity index (χ1) is 31.7. The summed E-state index contributed by atoms with van der Waals surface area (Å²) in [6, 6.07) is 12.2. The van der Waals surface area contributed by atoms with Gasteiger partial charge >= 0.3 is 0 Å². The second kappa shape index (κ2) is 30.5. The number of aliphatic imine (C=N–C) groups is 1. The molecule has 0 bridgehead atoms. The minimum absolute atomic E-state index is 0.0231. The standard InChI is InChI=1S/C30H40N4O9.C10H15N3O.C5H11NO.CH4O/c1-19-10-26(42-29-13-24(38)30(40)27(17-36)43-29)25(12-23(19)31-14-21-6-3-4-8-34(21)18-37)41-9-5-7-28(39)32-20-11-22(16-35)33(2)15-20;1-11-7-10(14)13-9-5-3-8(12-2)4-6-9;1-4(2)5(6)3-7;1-2/h10-12,14-16,18,21,24,27,29-30,36,38,40H,3-9,13,17H2,1-2H3,(H,32,39);3-6,11-12H,7H2,1-2H3,(H,13,14);3-5H,6H2,1-2H3;2H,1H3/t21-,24+,27+,29+,30+;;;/m0.../s1. The quantitative estimate of drug-likeness (QED) is 0.0475. The van der Waals surface area contributed by atoms with E-state index in [1.807, 2.05) is 52.1 Å². The molecule has 20 heteroatoms. The van der Waals surface area contributed by atoms with Crippen LogP contribution in [0.15, 0.2) is 53.7 Å². The van der Waals surface area contributed by atoms with Gasteiger partial charge in [0.15, 0.2) is 17.8 Å². The molecule has 66 heavy (non-hydrogen) atoms. The van der Waals surface area contributed by atoms with E-state index in [1.54, 1.807) is 54.2 Å². The number of aromatic nitrogens is 1. The fourth-order valence-electron chi connectivity index (χ4n) is 6.36. The van der Waals surface area contributed by atoms with Gasteiger partial charge in [0.05, 0.1) is 55.0 Å². The summed E-state index contributed by atoms with van der Waals surface area (Å²) in [5, 5.41) is 48.2. The number of aliphatic hydroxyl groups is 4. The number of ether oxygens (including phenoxy) is 3. The molecular formula is C46H70N8O12. The van der Waals surface area contributed by atoms with Crippen molar-refractivity contribution in [2.75, 3.05) is 63.5 Å². The largest absolute Gasteiger partial charge is 0.490 e. The summed E-state index contributed by atoms with van der Waals surface area (Å²) in [5.74, 6) is 0.645. The first-order valence-electron chi connectivity index (χ1n) is 21.8. The topological polar surface area (TPSA) is 289 Å². The van der Waals surface area contributed by atoms with Crippen LogP contribution in [0.3, 0.4) is 0 Å². The van der Waals surface area contributed by atoms with Gasteiger partial charge in [-0.25, -0.2) is 0 Å². The van der Waals surface area contributed by atoms with Crippen LogP contribution in [-0.2, 0) is 31.0 Å². The number of amides is 3. The lowest BCUT2D eigenvalue weighted by molar-refractivity contribution is -0.230. The average molecular weight is 927 g/mol. The first kappa shape index (κ1) is 56.4. The van der Waals surface area contributed by atoms with Crippen molar-refractivity contribution in [2.45, 2.75) is 96.0 Å². The fourth-order valence-corrected chi connectivity index (χ4v) is 6.36. The number of piperidine rings is 1. The van der Waals surface area contributed by atoms with E-state index in [-0.39, 0.29) is 49.3 Å². The van der Waals surface area contributed by atoms with Crippen LogP contribution in [0.2, 0.25) is 0 Å². The Morgan fingerprint density at radius 3 is 2.24 bits per heavy atom. The summed E-state index contributed by atoms with van der Waals surface area (Å²) >= 11 is 0. The van der Waals surface area contributed by atoms with Gasteiger partial charge in [0.2, 0.25) is 24.5 Å². The summed E-state index contributed by atoms with van der Waals surface area (Å²) in [5.41, 5.74) is 9.43. The third kappa shape index (κ3) is 19.0. The molecule has 10 N–H and O–H groups in total. The molecule has 0 saturated carbocycles. The number of aldehydes is 2. The number of nitrogens with zero attached hydrogens (tertiary/aromatic N) is 3. The zero-order chi connectivity index (χ0) is 49.2. The number of hydrogen-bond donors (Lipinski definition) is 9. The molecule has 2 aliphatic rings. The maximum absolute atomic E-state index is 12.4. The highest BCUT2D eigenvalue weighted by atomic mass is 16.7. The SMILES string of the molecule is CC(C)C(N)C=O.CNCC(=O)Nc1ccc(NC)cc1.CO.Cc1cc(O[C@H]2C[C@@H](O)[C@@H](O)[C@@H](CO)O2)c(OCCCC(=O)Nc2cc(C=O)n(C)c2)cc1N=C[C@@H]1CCCCN1C=O. The fraction of sp³-hybridized carbons (Fsp3) is 0.522. The maximum Gasteiger partial charge on any atom is 0.238 e. The Kier molecular flexibility index (Phi) is 26.0. The Bertz CT molecular complexity index is 1960.